The van der Waals surface area contributed by atoms with Crippen molar-refractivity contribution in [3.63, 3.8) is 0 Å². The van der Waals surface area contributed by atoms with Crippen molar-refractivity contribution in [2.45, 2.75) is 13.0 Å². The molecule has 0 saturated heterocycles. The van der Waals surface area contributed by atoms with E-state index in [-0.39, 0.29) is 0 Å². The Morgan fingerprint density at radius 1 is 1.25 bits per heavy atom. The summed E-state index contributed by atoms with van der Waals surface area (Å²) in [6.45, 7) is 3.07. The first kappa shape index (κ1) is 9.73. The minimum Gasteiger partial charge on any atom is -0.381 e. The smallest absolute Gasteiger partial charge is 0.0779 e. The highest BCUT2D eigenvalue weighted by atomic mass is 32.1. The van der Waals surface area contributed by atoms with Crippen LogP contribution in [0.25, 0.3) is 0 Å². The molecule has 0 fully saturated rings. The molecule has 0 amide bonds. The van der Waals surface area contributed by atoms with Crippen molar-refractivity contribution in [2.75, 3.05) is 17.2 Å². The monoisotopic (exact) mass is 230 g/mol. The summed E-state index contributed by atoms with van der Waals surface area (Å²) in [5.74, 6) is 0. The summed E-state index contributed by atoms with van der Waals surface area (Å²) in [4.78, 5) is 1.39. The standard InChI is InChI=1S/C13H14N2S/c1-9-4-5-10-11(7-9)14-8-12(15-10)13-3-2-6-16-13/h2-7,12,14-15H,8H2,1H3. The van der Waals surface area contributed by atoms with Crippen molar-refractivity contribution in [1.29, 1.82) is 0 Å². The molecule has 0 spiro atoms. The summed E-state index contributed by atoms with van der Waals surface area (Å²) in [7, 11) is 0. The quantitative estimate of drug-likeness (QED) is 0.781. The van der Waals surface area contributed by atoms with Crippen molar-refractivity contribution in [3.8, 4) is 0 Å². The van der Waals surface area contributed by atoms with Crippen LogP contribution in [-0.2, 0) is 0 Å². The summed E-state index contributed by atoms with van der Waals surface area (Å²) in [6.07, 6.45) is 0. The first-order valence-corrected chi connectivity index (χ1v) is 6.35. The predicted octanol–water partition coefficient (Wildman–Crippen LogP) is 3.64. The average Bonchev–Trinajstić information content (AvgIpc) is 2.82. The molecule has 82 valence electrons. The fourth-order valence-corrected chi connectivity index (χ4v) is 2.82. The molecule has 1 aromatic carbocycles. The Balaban J connectivity index is 1.89. The zero-order chi connectivity index (χ0) is 11.0. The van der Waals surface area contributed by atoms with E-state index in [0.29, 0.717) is 6.04 Å². The summed E-state index contributed by atoms with van der Waals surface area (Å²) in [6, 6.07) is 11.2. The van der Waals surface area contributed by atoms with Gasteiger partial charge in [0.15, 0.2) is 0 Å². The Morgan fingerprint density at radius 2 is 2.19 bits per heavy atom. The van der Waals surface area contributed by atoms with Gasteiger partial charge >= 0.3 is 0 Å². The molecule has 3 rings (SSSR count). The zero-order valence-corrected chi connectivity index (χ0v) is 9.97. The van der Waals surface area contributed by atoms with Gasteiger partial charge in [0.1, 0.15) is 0 Å². The zero-order valence-electron chi connectivity index (χ0n) is 9.16. The number of rotatable bonds is 1. The second-order valence-electron chi connectivity index (χ2n) is 4.14. The second kappa shape index (κ2) is 3.83. The minimum absolute atomic E-state index is 0.398. The average molecular weight is 230 g/mol. The van der Waals surface area contributed by atoms with Crippen LogP contribution in [0.4, 0.5) is 11.4 Å². The lowest BCUT2D eigenvalue weighted by Gasteiger charge is -2.28. The number of aryl methyl sites for hydroxylation is 1. The largest absolute Gasteiger partial charge is 0.381 e. The number of fused-ring (bicyclic) bond motifs is 1. The van der Waals surface area contributed by atoms with E-state index < -0.39 is 0 Å². The Labute approximate surface area is 99.3 Å². The van der Waals surface area contributed by atoms with Crippen molar-refractivity contribution in [2.24, 2.45) is 0 Å². The lowest BCUT2D eigenvalue weighted by Crippen LogP contribution is -2.25. The lowest BCUT2D eigenvalue weighted by atomic mass is 10.1. The van der Waals surface area contributed by atoms with Crippen molar-refractivity contribution < 1.29 is 0 Å². The van der Waals surface area contributed by atoms with Gasteiger partial charge in [-0.1, -0.05) is 12.1 Å². The molecular weight excluding hydrogens is 216 g/mol. The molecule has 16 heavy (non-hydrogen) atoms. The molecule has 2 heterocycles. The highest BCUT2D eigenvalue weighted by Gasteiger charge is 2.18. The normalized spacial score (nSPS) is 18.4. The van der Waals surface area contributed by atoms with Crippen LogP contribution in [-0.4, -0.2) is 6.54 Å². The van der Waals surface area contributed by atoms with E-state index in [1.54, 1.807) is 11.3 Å². The van der Waals surface area contributed by atoms with E-state index in [4.69, 9.17) is 0 Å². The molecule has 0 aliphatic carbocycles. The molecule has 0 saturated carbocycles. The maximum atomic E-state index is 3.57. The summed E-state index contributed by atoms with van der Waals surface area (Å²) >= 11 is 1.80. The molecule has 0 radical (unpaired) electrons. The third kappa shape index (κ3) is 1.67. The number of hydrogen-bond acceptors (Lipinski definition) is 3. The van der Waals surface area contributed by atoms with Gasteiger partial charge in [0.25, 0.3) is 0 Å². The number of anilines is 2. The van der Waals surface area contributed by atoms with E-state index in [1.165, 1.54) is 21.8 Å². The fourth-order valence-electron chi connectivity index (χ4n) is 2.04. The van der Waals surface area contributed by atoms with Gasteiger partial charge in [-0.15, -0.1) is 11.3 Å². The number of nitrogens with one attached hydrogen (secondary N) is 2. The molecule has 1 atom stereocenters. The Kier molecular flexibility index (Phi) is 2.33. The van der Waals surface area contributed by atoms with Crippen molar-refractivity contribution >= 4 is 22.7 Å². The van der Waals surface area contributed by atoms with Crippen LogP contribution in [0.1, 0.15) is 16.5 Å². The van der Waals surface area contributed by atoms with E-state index in [0.717, 1.165) is 6.54 Å². The van der Waals surface area contributed by atoms with E-state index in [9.17, 15) is 0 Å². The second-order valence-corrected chi connectivity index (χ2v) is 5.12. The van der Waals surface area contributed by atoms with Gasteiger partial charge in [-0.05, 0) is 36.1 Å². The van der Waals surface area contributed by atoms with E-state index in [1.807, 2.05) is 0 Å². The number of hydrogen-bond donors (Lipinski definition) is 2. The molecule has 3 heteroatoms. The summed E-state index contributed by atoms with van der Waals surface area (Å²) in [5, 5.41) is 9.19. The first-order chi connectivity index (χ1) is 7.83. The van der Waals surface area contributed by atoms with Crippen LogP contribution in [0.5, 0.6) is 0 Å². The SMILES string of the molecule is Cc1ccc2c(c1)NCC(c1cccs1)N2. The van der Waals surface area contributed by atoms with Crippen LogP contribution in [0.3, 0.4) is 0 Å². The molecule has 2 N–H and O–H groups in total. The van der Waals surface area contributed by atoms with Gasteiger partial charge in [-0.2, -0.15) is 0 Å². The molecule has 1 aliphatic rings. The van der Waals surface area contributed by atoms with E-state index in [2.05, 4.69) is 53.3 Å². The molecule has 1 aliphatic heterocycles. The third-order valence-electron chi connectivity index (χ3n) is 2.89. The van der Waals surface area contributed by atoms with Gasteiger partial charge < -0.3 is 10.6 Å². The number of thiophene rings is 1. The molecule has 2 aromatic rings. The molecule has 1 unspecified atom stereocenters. The van der Waals surface area contributed by atoms with Crippen molar-refractivity contribution in [1.82, 2.24) is 0 Å². The minimum atomic E-state index is 0.398. The maximum absolute atomic E-state index is 3.57. The van der Waals surface area contributed by atoms with Crippen LogP contribution in [0.15, 0.2) is 35.7 Å². The van der Waals surface area contributed by atoms with E-state index >= 15 is 0 Å². The molecule has 1 aromatic heterocycles. The summed E-state index contributed by atoms with van der Waals surface area (Å²) in [5.41, 5.74) is 3.71. The fraction of sp³-hybridized carbons (Fsp3) is 0.231. The molecular formula is C13H14N2S. The highest BCUT2D eigenvalue weighted by molar-refractivity contribution is 7.10. The van der Waals surface area contributed by atoms with Gasteiger partial charge in [0.2, 0.25) is 0 Å². The topological polar surface area (TPSA) is 24.1 Å². The van der Waals surface area contributed by atoms with Crippen molar-refractivity contribution in [3.05, 3.63) is 46.2 Å². The van der Waals surface area contributed by atoms with Gasteiger partial charge in [0, 0.05) is 11.4 Å². The van der Waals surface area contributed by atoms with Crippen LogP contribution in [0.2, 0.25) is 0 Å². The third-order valence-corrected chi connectivity index (χ3v) is 3.87. The van der Waals surface area contributed by atoms with Crippen LogP contribution < -0.4 is 10.6 Å². The Hall–Kier alpha value is -1.48. The van der Waals surface area contributed by atoms with Gasteiger partial charge in [-0.3, -0.25) is 0 Å². The van der Waals surface area contributed by atoms with Gasteiger partial charge in [-0.25, -0.2) is 0 Å². The predicted molar refractivity (Wildman–Crippen MR) is 70.4 cm³/mol. The first-order valence-electron chi connectivity index (χ1n) is 5.47. The summed E-state index contributed by atoms with van der Waals surface area (Å²) < 4.78 is 0. The molecule has 2 nitrogen and oxygen atoms in total. The lowest BCUT2D eigenvalue weighted by molar-refractivity contribution is 0.820. The highest BCUT2D eigenvalue weighted by Crippen LogP contribution is 2.33. The maximum Gasteiger partial charge on any atom is 0.0779 e. The Morgan fingerprint density at radius 3 is 3.00 bits per heavy atom. The molecule has 0 bridgehead atoms. The Bertz CT molecular complexity index is 491. The van der Waals surface area contributed by atoms with Gasteiger partial charge in [0.05, 0.1) is 17.4 Å². The van der Waals surface area contributed by atoms with Crippen LogP contribution in [0, 0.1) is 6.92 Å². The van der Waals surface area contributed by atoms with Crippen LogP contribution >= 0.6 is 11.3 Å². The number of benzene rings is 1.